The largest absolute Gasteiger partial charge is 0.338 e. The van der Waals surface area contributed by atoms with E-state index >= 15 is 0 Å². The van der Waals surface area contributed by atoms with Crippen molar-refractivity contribution in [3.05, 3.63) is 18.0 Å². The summed E-state index contributed by atoms with van der Waals surface area (Å²) in [5.74, 6) is 1.21. The number of nitrogens with zero attached hydrogens (tertiary/aromatic N) is 3. The maximum absolute atomic E-state index is 11.8. The zero-order valence-corrected chi connectivity index (χ0v) is 11.4. The van der Waals surface area contributed by atoms with Crippen LogP contribution in [0.4, 0.5) is 0 Å². The minimum absolute atomic E-state index is 0.119. The van der Waals surface area contributed by atoms with Gasteiger partial charge in [-0.15, -0.1) is 0 Å². The summed E-state index contributed by atoms with van der Waals surface area (Å²) in [4.78, 5) is 24.6. The van der Waals surface area contributed by atoms with E-state index in [0.717, 1.165) is 17.9 Å². The van der Waals surface area contributed by atoms with Crippen molar-refractivity contribution in [1.29, 1.82) is 0 Å². The molecule has 0 N–H and O–H groups in total. The maximum atomic E-state index is 11.8. The number of carbonyl (C=O) groups is 2. The van der Waals surface area contributed by atoms with Gasteiger partial charge in [0.2, 0.25) is 5.91 Å². The van der Waals surface area contributed by atoms with Crippen molar-refractivity contribution in [3.63, 3.8) is 0 Å². The van der Waals surface area contributed by atoms with E-state index in [1.807, 2.05) is 18.1 Å². The molecular weight excluding hydrogens is 250 g/mol. The van der Waals surface area contributed by atoms with Gasteiger partial charge in [0, 0.05) is 51.0 Å². The molecule has 2 heterocycles. The van der Waals surface area contributed by atoms with Gasteiger partial charge in [0.25, 0.3) is 0 Å². The van der Waals surface area contributed by atoms with Crippen molar-refractivity contribution in [1.82, 2.24) is 14.7 Å². The van der Waals surface area contributed by atoms with Crippen molar-refractivity contribution >= 4 is 22.8 Å². The van der Waals surface area contributed by atoms with Crippen LogP contribution in [0.1, 0.15) is 18.9 Å². The van der Waals surface area contributed by atoms with Crippen molar-refractivity contribution in [2.45, 2.75) is 19.9 Å². The third-order valence-electron chi connectivity index (χ3n) is 2.95. The zero-order chi connectivity index (χ0) is 13.1. The first-order chi connectivity index (χ1) is 8.54. The molecule has 6 heteroatoms. The van der Waals surface area contributed by atoms with E-state index in [9.17, 15) is 9.59 Å². The quantitative estimate of drug-likeness (QED) is 0.818. The highest BCUT2D eigenvalue weighted by atomic mass is 32.2. The van der Waals surface area contributed by atoms with Gasteiger partial charge in [0.1, 0.15) is 0 Å². The predicted octanol–water partition coefficient (Wildman–Crippen LogP) is 1.05. The van der Waals surface area contributed by atoms with E-state index in [1.54, 1.807) is 17.8 Å². The highest BCUT2D eigenvalue weighted by molar-refractivity contribution is 8.13. The molecule has 1 fully saturated rings. The Hall–Kier alpha value is -1.30. The molecule has 1 unspecified atom stereocenters. The van der Waals surface area contributed by atoms with Crippen LogP contribution in [0, 0.1) is 5.92 Å². The fourth-order valence-corrected chi connectivity index (χ4v) is 2.82. The highest BCUT2D eigenvalue weighted by Gasteiger charge is 2.29. The summed E-state index contributed by atoms with van der Waals surface area (Å²) in [7, 11) is 1.86. The number of likely N-dealkylation sites (tertiary alicyclic amines) is 1. The molecule has 1 aliphatic rings. The second-order valence-corrected chi connectivity index (χ2v) is 5.87. The number of aryl methyl sites for hydroxylation is 1. The Kier molecular flexibility index (Phi) is 4.06. The molecule has 1 aromatic rings. The zero-order valence-electron chi connectivity index (χ0n) is 10.6. The fraction of sp³-hybridized carbons (Fsp3) is 0.583. The Morgan fingerprint density at radius 2 is 2.39 bits per heavy atom. The van der Waals surface area contributed by atoms with Gasteiger partial charge in [0.15, 0.2) is 5.12 Å². The molecule has 1 aromatic heterocycles. The van der Waals surface area contributed by atoms with Crippen molar-refractivity contribution in [3.8, 4) is 0 Å². The van der Waals surface area contributed by atoms with E-state index in [-0.39, 0.29) is 11.0 Å². The summed E-state index contributed by atoms with van der Waals surface area (Å²) in [5.41, 5.74) is 1.05. The van der Waals surface area contributed by atoms with Gasteiger partial charge >= 0.3 is 0 Å². The lowest BCUT2D eigenvalue weighted by molar-refractivity contribution is -0.128. The van der Waals surface area contributed by atoms with Crippen molar-refractivity contribution < 1.29 is 9.59 Å². The molecule has 0 spiro atoms. The fourth-order valence-electron chi connectivity index (χ4n) is 2.13. The molecule has 18 heavy (non-hydrogen) atoms. The first-order valence-electron chi connectivity index (χ1n) is 5.93. The number of hydrogen-bond acceptors (Lipinski definition) is 4. The van der Waals surface area contributed by atoms with E-state index < -0.39 is 0 Å². The Balaban J connectivity index is 1.87. The van der Waals surface area contributed by atoms with Crippen LogP contribution in [0.2, 0.25) is 0 Å². The number of amides is 1. The molecule has 0 bridgehead atoms. The van der Waals surface area contributed by atoms with Gasteiger partial charge < -0.3 is 4.90 Å². The van der Waals surface area contributed by atoms with Gasteiger partial charge in [-0.1, -0.05) is 11.8 Å². The van der Waals surface area contributed by atoms with E-state index in [2.05, 4.69) is 5.10 Å². The molecule has 5 nitrogen and oxygen atoms in total. The van der Waals surface area contributed by atoms with Gasteiger partial charge in [-0.3, -0.25) is 14.3 Å². The molecule has 1 saturated heterocycles. The average molecular weight is 267 g/mol. The lowest BCUT2D eigenvalue weighted by Gasteiger charge is -2.15. The lowest BCUT2D eigenvalue weighted by atomic mass is 10.1. The van der Waals surface area contributed by atoms with E-state index in [4.69, 9.17) is 0 Å². The topological polar surface area (TPSA) is 55.2 Å². The molecule has 1 atom stereocenters. The van der Waals surface area contributed by atoms with E-state index in [0.29, 0.717) is 18.9 Å². The highest BCUT2D eigenvalue weighted by Crippen LogP contribution is 2.23. The molecule has 98 valence electrons. The molecule has 1 amide bonds. The number of thioether (sulfide) groups is 1. The minimum atomic E-state index is 0.119. The standard InChI is InChI=1S/C12H17N3O2S/c1-9(16)18-8-10-3-12(17)15(6-10)7-11-4-13-14(2)5-11/h4-5,10H,3,6-8H2,1-2H3. The summed E-state index contributed by atoms with van der Waals surface area (Å²) in [6.45, 7) is 2.93. The second kappa shape index (κ2) is 5.56. The SMILES string of the molecule is CC(=O)SCC1CC(=O)N(Cc2cnn(C)c2)C1. The van der Waals surface area contributed by atoms with Crippen LogP contribution in [0.15, 0.2) is 12.4 Å². The first-order valence-corrected chi connectivity index (χ1v) is 6.92. The van der Waals surface area contributed by atoms with Crippen molar-refractivity contribution in [2.75, 3.05) is 12.3 Å². The molecule has 0 saturated carbocycles. The Morgan fingerprint density at radius 3 is 3.00 bits per heavy atom. The van der Waals surface area contributed by atoms with Gasteiger partial charge in [-0.2, -0.15) is 5.10 Å². The van der Waals surface area contributed by atoms with Crippen LogP contribution >= 0.6 is 11.8 Å². The van der Waals surface area contributed by atoms with Crippen LogP contribution in [0.5, 0.6) is 0 Å². The molecule has 0 radical (unpaired) electrons. The normalized spacial score (nSPS) is 19.6. The third-order valence-corrected chi connectivity index (χ3v) is 3.99. The molecule has 0 aromatic carbocycles. The van der Waals surface area contributed by atoms with Gasteiger partial charge in [0.05, 0.1) is 6.20 Å². The Bertz CT molecular complexity index is 458. The van der Waals surface area contributed by atoms with Crippen LogP contribution in [0.25, 0.3) is 0 Å². The van der Waals surface area contributed by atoms with Crippen LogP contribution in [-0.2, 0) is 23.2 Å². The van der Waals surface area contributed by atoms with Crippen molar-refractivity contribution in [2.24, 2.45) is 13.0 Å². The second-order valence-electron chi connectivity index (χ2n) is 4.67. The molecular formula is C12H17N3O2S. The summed E-state index contributed by atoms with van der Waals surface area (Å²) >= 11 is 1.31. The number of carbonyl (C=O) groups excluding carboxylic acids is 2. The predicted molar refractivity (Wildman–Crippen MR) is 69.9 cm³/mol. The monoisotopic (exact) mass is 267 g/mol. The van der Waals surface area contributed by atoms with Crippen LogP contribution < -0.4 is 0 Å². The first kappa shape index (κ1) is 13.1. The Morgan fingerprint density at radius 1 is 1.61 bits per heavy atom. The maximum Gasteiger partial charge on any atom is 0.223 e. The smallest absolute Gasteiger partial charge is 0.223 e. The van der Waals surface area contributed by atoms with Gasteiger partial charge in [-0.25, -0.2) is 0 Å². The molecule has 0 aliphatic carbocycles. The number of rotatable bonds is 4. The summed E-state index contributed by atoms with van der Waals surface area (Å²) in [5, 5.41) is 4.21. The van der Waals surface area contributed by atoms with Crippen LogP contribution in [0.3, 0.4) is 0 Å². The lowest BCUT2D eigenvalue weighted by Crippen LogP contribution is -2.24. The van der Waals surface area contributed by atoms with Gasteiger partial charge in [-0.05, 0) is 5.92 Å². The third kappa shape index (κ3) is 3.35. The van der Waals surface area contributed by atoms with E-state index in [1.165, 1.54) is 11.8 Å². The number of hydrogen-bond donors (Lipinski definition) is 0. The van der Waals surface area contributed by atoms with Crippen LogP contribution in [-0.4, -0.2) is 38.0 Å². The summed E-state index contributed by atoms with van der Waals surface area (Å²) < 4.78 is 1.74. The average Bonchev–Trinajstić information content (AvgIpc) is 2.84. The minimum Gasteiger partial charge on any atom is -0.338 e. The molecule has 2 rings (SSSR count). The molecule has 1 aliphatic heterocycles. The Labute approximate surface area is 111 Å². The summed E-state index contributed by atoms with van der Waals surface area (Å²) in [6.07, 6.45) is 4.26. The summed E-state index contributed by atoms with van der Waals surface area (Å²) in [6, 6.07) is 0. The number of aromatic nitrogens is 2.